The van der Waals surface area contributed by atoms with Gasteiger partial charge < -0.3 is 10.6 Å². The molecule has 1 aliphatic carbocycles. The number of amides is 1. The molecule has 1 aliphatic rings. The lowest BCUT2D eigenvalue weighted by Crippen LogP contribution is -2.40. The lowest BCUT2D eigenvalue weighted by atomic mass is 9.97. The topological polar surface area (TPSA) is 41.1 Å². The normalized spacial score (nSPS) is 14.2. The van der Waals surface area contributed by atoms with Gasteiger partial charge in [0.2, 0.25) is 5.91 Å². The van der Waals surface area contributed by atoms with Crippen molar-refractivity contribution in [3.8, 4) is 0 Å². The van der Waals surface area contributed by atoms with Gasteiger partial charge in [-0.05, 0) is 49.9 Å². The highest BCUT2D eigenvalue weighted by Gasteiger charge is 2.06. The van der Waals surface area contributed by atoms with E-state index < -0.39 is 0 Å². The van der Waals surface area contributed by atoms with E-state index in [9.17, 15) is 4.79 Å². The molecule has 0 atom stereocenters. The first kappa shape index (κ1) is 15.7. The summed E-state index contributed by atoms with van der Waals surface area (Å²) in [7, 11) is 0. The van der Waals surface area contributed by atoms with Crippen molar-refractivity contribution in [1.82, 2.24) is 10.6 Å². The number of rotatable bonds is 5. The van der Waals surface area contributed by atoms with Crippen LogP contribution in [0.15, 0.2) is 42.0 Å². The summed E-state index contributed by atoms with van der Waals surface area (Å²) in [6.45, 7) is 0.788. The molecule has 2 rings (SSSR count). The van der Waals surface area contributed by atoms with Crippen LogP contribution >= 0.6 is 12.2 Å². The molecule has 0 heterocycles. The Morgan fingerprint density at radius 3 is 2.71 bits per heavy atom. The molecule has 0 aliphatic heterocycles. The van der Waals surface area contributed by atoms with Crippen LogP contribution in [0.5, 0.6) is 0 Å². The molecule has 0 aromatic heterocycles. The molecule has 112 valence electrons. The van der Waals surface area contributed by atoms with Crippen LogP contribution in [-0.2, 0) is 11.2 Å². The average molecular weight is 302 g/mol. The van der Waals surface area contributed by atoms with E-state index in [0.29, 0.717) is 11.5 Å². The zero-order valence-corrected chi connectivity index (χ0v) is 13.0. The average Bonchev–Trinajstić information content (AvgIpc) is 2.49. The number of carbonyl (C=O) groups is 1. The number of carbonyl (C=O) groups excluding carboxylic acids is 1. The van der Waals surface area contributed by atoms with Gasteiger partial charge in [-0.3, -0.25) is 4.79 Å². The Morgan fingerprint density at radius 2 is 2.00 bits per heavy atom. The van der Waals surface area contributed by atoms with Gasteiger partial charge in [0.25, 0.3) is 0 Å². The van der Waals surface area contributed by atoms with Gasteiger partial charge >= 0.3 is 0 Å². The van der Waals surface area contributed by atoms with Gasteiger partial charge in [-0.15, -0.1) is 0 Å². The second-order valence-corrected chi connectivity index (χ2v) is 5.73. The molecule has 0 fully saturated rings. The van der Waals surface area contributed by atoms with Gasteiger partial charge in [0.05, 0.1) is 6.42 Å². The maximum absolute atomic E-state index is 11.8. The van der Waals surface area contributed by atoms with Crippen LogP contribution in [0.1, 0.15) is 37.7 Å². The summed E-state index contributed by atoms with van der Waals surface area (Å²) in [6.07, 6.45) is 8.71. The summed E-state index contributed by atoms with van der Waals surface area (Å²) < 4.78 is 0. The van der Waals surface area contributed by atoms with E-state index in [1.165, 1.54) is 31.3 Å². The molecule has 0 unspecified atom stereocenters. The Labute approximate surface area is 131 Å². The molecular formula is C17H22N2OS. The minimum Gasteiger partial charge on any atom is -0.362 e. The van der Waals surface area contributed by atoms with E-state index in [1.54, 1.807) is 0 Å². The number of benzene rings is 1. The quantitative estimate of drug-likeness (QED) is 0.648. The molecule has 21 heavy (non-hydrogen) atoms. The van der Waals surface area contributed by atoms with Crippen molar-refractivity contribution in [2.45, 2.75) is 38.5 Å². The van der Waals surface area contributed by atoms with Crippen LogP contribution < -0.4 is 10.6 Å². The first-order valence-electron chi connectivity index (χ1n) is 7.53. The molecule has 1 aromatic rings. The van der Waals surface area contributed by atoms with Crippen LogP contribution in [0.25, 0.3) is 0 Å². The van der Waals surface area contributed by atoms with E-state index in [4.69, 9.17) is 12.2 Å². The third-order valence-electron chi connectivity index (χ3n) is 3.58. The zero-order valence-electron chi connectivity index (χ0n) is 12.2. The lowest BCUT2D eigenvalue weighted by molar-refractivity contribution is -0.119. The standard InChI is InChI=1S/C17H22N2OS/c20-16(13-15-9-5-2-6-10-15)19-17(21)18-12-11-14-7-3-1-4-8-14/h2,5-7,9-10H,1,3-4,8,11-13H2,(H2,18,19,20,21). The third kappa shape index (κ3) is 6.08. The molecular weight excluding hydrogens is 280 g/mol. The lowest BCUT2D eigenvalue weighted by Gasteiger charge is -2.14. The van der Waals surface area contributed by atoms with E-state index in [0.717, 1.165) is 18.5 Å². The van der Waals surface area contributed by atoms with Crippen molar-refractivity contribution in [2.24, 2.45) is 0 Å². The van der Waals surface area contributed by atoms with Gasteiger partial charge in [0.1, 0.15) is 0 Å². The molecule has 0 saturated carbocycles. The van der Waals surface area contributed by atoms with Crippen LogP contribution in [0.3, 0.4) is 0 Å². The van der Waals surface area contributed by atoms with Gasteiger partial charge in [-0.1, -0.05) is 42.0 Å². The summed E-state index contributed by atoms with van der Waals surface area (Å²) in [6, 6.07) is 9.67. The maximum atomic E-state index is 11.8. The molecule has 1 amide bonds. The molecule has 0 saturated heterocycles. The summed E-state index contributed by atoms with van der Waals surface area (Å²) >= 11 is 5.15. The van der Waals surface area contributed by atoms with Crippen molar-refractivity contribution in [2.75, 3.05) is 6.54 Å². The largest absolute Gasteiger partial charge is 0.362 e. The Kier molecular flexibility index (Phi) is 6.41. The first-order chi connectivity index (χ1) is 10.2. The zero-order chi connectivity index (χ0) is 14.9. The third-order valence-corrected chi connectivity index (χ3v) is 3.82. The predicted molar refractivity (Wildman–Crippen MR) is 90.1 cm³/mol. The molecule has 3 nitrogen and oxygen atoms in total. The highest BCUT2D eigenvalue weighted by Crippen LogP contribution is 2.19. The Morgan fingerprint density at radius 1 is 1.19 bits per heavy atom. The Balaban J connectivity index is 1.64. The smallest absolute Gasteiger partial charge is 0.230 e. The minimum absolute atomic E-state index is 0.0735. The second kappa shape index (κ2) is 8.57. The van der Waals surface area contributed by atoms with E-state index in [2.05, 4.69) is 16.7 Å². The number of hydrogen-bond donors (Lipinski definition) is 2. The molecule has 1 aromatic carbocycles. The van der Waals surface area contributed by atoms with Crippen molar-refractivity contribution in [3.05, 3.63) is 47.5 Å². The van der Waals surface area contributed by atoms with Crippen molar-refractivity contribution in [3.63, 3.8) is 0 Å². The molecule has 0 spiro atoms. The van der Waals surface area contributed by atoms with Crippen LogP contribution in [0.4, 0.5) is 0 Å². The fraction of sp³-hybridized carbons (Fsp3) is 0.412. The Hall–Kier alpha value is -1.68. The van der Waals surface area contributed by atoms with Gasteiger partial charge in [-0.2, -0.15) is 0 Å². The minimum atomic E-state index is -0.0735. The molecule has 2 N–H and O–H groups in total. The summed E-state index contributed by atoms with van der Waals surface area (Å²) in [4.78, 5) is 11.8. The molecule has 0 radical (unpaired) electrons. The first-order valence-corrected chi connectivity index (χ1v) is 7.94. The Bertz CT molecular complexity index is 511. The van der Waals surface area contributed by atoms with E-state index in [-0.39, 0.29) is 5.91 Å². The SMILES string of the molecule is O=C(Cc1ccccc1)NC(=S)NCCC1=CCCCC1. The fourth-order valence-electron chi connectivity index (χ4n) is 2.46. The maximum Gasteiger partial charge on any atom is 0.230 e. The van der Waals surface area contributed by atoms with Crippen LogP contribution in [0, 0.1) is 0 Å². The monoisotopic (exact) mass is 302 g/mol. The predicted octanol–water partition coefficient (Wildman–Crippen LogP) is 3.11. The summed E-state index contributed by atoms with van der Waals surface area (Å²) in [5.41, 5.74) is 2.50. The van der Waals surface area contributed by atoms with Crippen molar-refractivity contribution < 1.29 is 4.79 Å². The van der Waals surface area contributed by atoms with Crippen molar-refractivity contribution in [1.29, 1.82) is 0 Å². The highest BCUT2D eigenvalue weighted by atomic mass is 32.1. The second-order valence-electron chi connectivity index (χ2n) is 5.32. The summed E-state index contributed by atoms with van der Waals surface area (Å²) in [5.74, 6) is -0.0735. The summed E-state index contributed by atoms with van der Waals surface area (Å²) in [5, 5.41) is 6.26. The molecule has 0 bridgehead atoms. The van der Waals surface area contributed by atoms with Gasteiger partial charge in [0, 0.05) is 6.54 Å². The van der Waals surface area contributed by atoms with Crippen LogP contribution in [-0.4, -0.2) is 17.6 Å². The van der Waals surface area contributed by atoms with Crippen LogP contribution in [0.2, 0.25) is 0 Å². The van der Waals surface area contributed by atoms with E-state index in [1.807, 2.05) is 30.3 Å². The number of allylic oxidation sites excluding steroid dienone is 1. The van der Waals surface area contributed by atoms with E-state index >= 15 is 0 Å². The number of hydrogen-bond acceptors (Lipinski definition) is 2. The fourth-order valence-corrected chi connectivity index (χ4v) is 2.68. The van der Waals surface area contributed by atoms with Crippen molar-refractivity contribution >= 4 is 23.2 Å². The highest BCUT2D eigenvalue weighted by molar-refractivity contribution is 7.80. The van der Waals surface area contributed by atoms with Gasteiger partial charge in [-0.25, -0.2) is 0 Å². The van der Waals surface area contributed by atoms with Gasteiger partial charge in [0.15, 0.2) is 5.11 Å². The number of nitrogens with one attached hydrogen (secondary N) is 2. The number of thiocarbonyl (C=S) groups is 1. The molecule has 4 heteroatoms.